The van der Waals surface area contributed by atoms with Crippen molar-refractivity contribution in [3.8, 4) is 11.1 Å². The Balaban J connectivity index is 1.11. The minimum atomic E-state index is -1.000. The van der Waals surface area contributed by atoms with E-state index in [0.717, 1.165) is 0 Å². The Bertz CT molecular complexity index is 1000. The number of hydrogen-bond donors (Lipinski definition) is 1. The fourth-order valence-electron chi connectivity index (χ4n) is 4.26. The zero-order chi connectivity index (χ0) is 29.1. The molecule has 0 saturated carbocycles. The smallest absolute Gasteiger partial charge is 0.409 e. The molecule has 2 aromatic rings. The predicted molar refractivity (Wildman–Crippen MR) is 150 cm³/mol. The van der Waals surface area contributed by atoms with Crippen molar-refractivity contribution in [2.45, 2.75) is 5.92 Å². The van der Waals surface area contributed by atoms with Crippen LogP contribution in [0.5, 0.6) is 0 Å². The number of aliphatic carboxylic acids is 1. The van der Waals surface area contributed by atoms with E-state index >= 15 is 0 Å². The first-order valence-electron chi connectivity index (χ1n) is 13.8. The van der Waals surface area contributed by atoms with Crippen molar-refractivity contribution in [1.82, 2.24) is 4.90 Å². The second-order valence-electron chi connectivity index (χ2n) is 9.23. The minimum Gasteiger partial charge on any atom is -0.480 e. The fourth-order valence-corrected chi connectivity index (χ4v) is 4.26. The standard InChI is InChI=1S/C30H41NO10/c1-31(30(34)41-22-28-26-8-4-2-6-24(26)25-7-3-5-9-27(25)28)10-11-35-12-13-36-14-15-37-16-17-38-18-19-39-20-21-40-23-29(32)33/h2-9,28H,10-23H2,1H3,(H,32,33). The molecule has 1 N–H and O–H groups in total. The molecule has 0 unspecified atom stereocenters. The maximum Gasteiger partial charge on any atom is 0.409 e. The first kappa shape index (κ1) is 32.5. The van der Waals surface area contributed by atoms with Gasteiger partial charge in [0.1, 0.15) is 13.2 Å². The molecule has 41 heavy (non-hydrogen) atoms. The molecule has 11 heteroatoms. The van der Waals surface area contributed by atoms with Crippen LogP contribution in [0.15, 0.2) is 48.5 Å². The number of carboxylic acids is 1. The van der Waals surface area contributed by atoms with Crippen molar-refractivity contribution in [2.24, 2.45) is 0 Å². The first-order valence-corrected chi connectivity index (χ1v) is 13.8. The van der Waals surface area contributed by atoms with Gasteiger partial charge in [-0.2, -0.15) is 0 Å². The molecule has 0 atom stereocenters. The highest BCUT2D eigenvalue weighted by Crippen LogP contribution is 2.44. The third-order valence-electron chi connectivity index (χ3n) is 6.30. The lowest BCUT2D eigenvalue weighted by atomic mass is 9.98. The van der Waals surface area contributed by atoms with Crippen LogP contribution in [0.3, 0.4) is 0 Å². The Morgan fingerprint density at radius 1 is 0.659 bits per heavy atom. The average molecular weight is 576 g/mol. The number of carbonyl (C=O) groups excluding carboxylic acids is 1. The van der Waals surface area contributed by atoms with Crippen molar-refractivity contribution in [2.75, 3.05) is 99.5 Å². The molecule has 3 rings (SSSR count). The fraction of sp³-hybridized carbons (Fsp3) is 0.533. The van der Waals surface area contributed by atoms with E-state index in [2.05, 4.69) is 24.3 Å². The quantitative estimate of drug-likeness (QED) is 0.210. The van der Waals surface area contributed by atoms with E-state index in [1.165, 1.54) is 27.2 Å². The van der Waals surface area contributed by atoms with Crippen molar-refractivity contribution >= 4 is 12.1 Å². The van der Waals surface area contributed by atoms with E-state index in [-0.39, 0.29) is 25.2 Å². The van der Waals surface area contributed by atoms with Gasteiger partial charge in [-0.25, -0.2) is 9.59 Å². The largest absolute Gasteiger partial charge is 0.480 e. The van der Waals surface area contributed by atoms with E-state index in [1.807, 2.05) is 24.3 Å². The van der Waals surface area contributed by atoms with Crippen LogP contribution in [0.2, 0.25) is 0 Å². The molecular formula is C30H41NO10. The van der Waals surface area contributed by atoms with E-state index in [1.54, 1.807) is 7.05 Å². The summed E-state index contributed by atoms with van der Waals surface area (Å²) in [5.74, 6) is -0.963. The Hall–Kier alpha value is -3.06. The Morgan fingerprint density at radius 3 is 1.54 bits per heavy atom. The van der Waals surface area contributed by atoms with Gasteiger partial charge < -0.3 is 43.2 Å². The van der Waals surface area contributed by atoms with Crippen LogP contribution >= 0.6 is 0 Å². The summed E-state index contributed by atoms with van der Waals surface area (Å²) in [5.41, 5.74) is 4.78. The van der Waals surface area contributed by atoms with Gasteiger partial charge in [-0.05, 0) is 22.3 Å². The van der Waals surface area contributed by atoms with Gasteiger partial charge in [-0.1, -0.05) is 48.5 Å². The summed E-state index contributed by atoms with van der Waals surface area (Å²) in [5, 5.41) is 8.43. The van der Waals surface area contributed by atoms with Gasteiger partial charge in [0.2, 0.25) is 0 Å². The summed E-state index contributed by atoms with van der Waals surface area (Å²) >= 11 is 0. The SMILES string of the molecule is CN(CCOCCOCCOCCOCCOCCOCC(=O)O)C(=O)OCC1c2ccccc2-c2ccccc21. The number of amides is 1. The number of likely N-dealkylation sites (N-methyl/N-ethyl adjacent to an activating group) is 1. The van der Waals surface area contributed by atoms with E-state index in [0.29, 0.717) is 79.2 Å². The number of ether oxygens (including phenoxy) is 7. The maximum atomic E-state index is 12.5. The lowest BCUT2D eigenvalue weighted by Crippen LogP contribution is -2.32. The summed E-state index contributed by atoms with van der Waals surface area (Å²) in [6, 6.07) is 16.5. The normalized spacial score (nSPS) is 12.2. The van der Waals surface area contributed by atoms with Gasteiger partial charge in [0, 0.05) is 19.5 Å². The molecule has 0 fully saturated rings. The number of carboxylic acid groups (broad SMARTS) is 1. The second kappa shape index (κ2) is 19.1. The highest BCUT2D eigenvalue weighted by Gasteiger charge is 2.29. The molecule has 0 bridgehead atoms. The summed E-state index contributed by atoms with van der Waals surface area (Å²) in [4.78, 5) is 24.3. The molecule has 1 aliphatic rings. The molecule has 226 valence electrons. The number of benzene rings is 2. The molecule has 0 aromatic heterocycles. The van der Waals surface area contributed by atoms with Crippen molar-refractivity contribution in [1.29, 1.82) is 0 Å². The molecule has 0 saturated heterocycles. The summed E-state index contributed by atoms with van der Waals surface area (Å²) < 4.78 is 37.6. The number of hydrogen-bond acceptors (Lipinski definition) is 9. The molecule has 1 aliphatic carbocycles. The van der Waals surface area contributed by atoms with Crippen LogP contribution in [-0.2, 0) is 38.0 Å². The van der Waals surface area contributed by atoms with E-state index < -0.39 is 5.97 Å². The number of nitrogens with zero attached hydrogens (tertiary/aromatic N) is 1. The third-order valence-corrected chi connectivity index (χ3v) is 6.30. The predicted octanol–water partition coefficient (Wildman–Crippen LogP) is 3.05. The van der Waals surface area contributed by atoms with Crippen LogP contribution in [0, 0.1) is 0 Å². The highest BCUT2D eigenvalue weighted by molar-refractivity contribution is 5.79. The lowest BCUT2D eigenvalue weighted by Gasteiger charge is -2.19. The van der Waals surface area contributed by atoms with Gasteiger partial charge in [0.05, 0.1) is 72.7 Å². The highest BCUT2D eigenvalue weighted by atomic mass is 16.6. The average Bonchev–Trinajstić information content (AvgIpc) is 3.30. The van der Waals surface area contributed by atoms with Gasteiger partial charge in [-0.15, -0.1) is 0 Å². The summed E-state index contributed by atoms with van der Waals surface area (Å²) in [6.07, 6.45) is -0.372. The molecule has 2 aromatic carbocycles. The summed E-state index contributed by atoms with van der Waals surface area (Å²) in [7, 11) is 1.70. The van der Waals surface area contributed by atoms with Gasteiger partial charge in [0.15, 0.2) is 0 Å². The van der Waals surface area contributed by atoms with Gasteiger partial charge in [-0.3, -0.25) is 0 Å². The van der Waals surface area contributed by atoms with Crippen molar-refractivity contribution in [3.63, 3.8) is 0 Å². The first-order chi connectivity index (χ1) is 20.1. The Morgan fingerprint density at radius 2 is 1.07 bits per heavy atom. The van der Waals surface area contributed by atoms with Crippen LogP contribution < -0.4 is 0 Å². The zero-order valence-electron chi connectivity index (χ0n) is 23.7. The monoisotopic (exact) mass is 575 g/mol. The number of carbonyl (C=O) groups is 2. The minimum absolute atomic E-state index is 0.0364. The molecule has 0 heterocycles. The Labute approximate surface area is 241 Å². The molecule has 11 nitrogen and oxygen atoms in total. The van der Waals surface area contributed by atoms with Gasteiger partial charge in [0.25, 0.3) is 0 Å². The van der Waals surface area contributed by atoms with Crippen molar-refractivity contribution in [3.05, 3.63) is 59.7 Å². The number of rotatable bonds is 22. The summed E-state index contributed by atoms with van der Waals surface area (Å²) in [6.45, 7) is 4.80. The van der Waals surface area contributed by atoms with Crippen LogP contribution in [0.25, 0.3) is 11.1 Å². The topological polar surface area (TPSA) is 122 Å². The molecule has 0 radical (unpaired) electrons. The van der Waals surface area contributed by atoms with Crippen LogP contribution in [-0.4, -0.2) is 122 Å². The van der Waals surface area contributed by atoms with Crippen LogP contribution in [0.4, 0.5) is 4.79 Å². The third kappa shape index (κ3) is 11.8. The van der Waals surface area contributed by atoms with Crippen LogP contribution in [0.1, 0.15) is 17.0 Å². The van der Waals surface area contributed by atoms with E-state index in [9.17, 15) is 9.59 Å². The van der Waals surface area contributed by atoms with Crippen molar-refractivity contribution < 1.29 is 47.9 Å². The Kier molecular flexibility index (Phi) is 15.1. The van der Waals surface area contributed by atoms with Gasteiger partial charge >= 0.3 is 12.1 Å². The molecule has 0 spiro atoms. The maximum absolute atomic E-state index is 12.5. The molecule has 1 amide bonds. The zero-order valence-corrected chi connectivity index (χ0v) is 23.7. The van der Waals surface area contributed by atoms with E-state index in [4.69, 9.17) is 38.3 Å². The lowest BCUT2D eigenvalue weighted by molar-refractivity contribution is -0.142. The molecular weight excluding hydrogens is 534 g/mol. The second-order valence-corrected chi connectivity index (χ2v) is 9.23. The number of fused-ring (bicyclic) bond motifs is 3. The molecule has 0 aliphatic heterocycles.